The number of anilines is 2. The standard InChI is InChI=1S/C23H21N3O4S2/c1-15-3-10-20(11-4-15)32(28,29)26-18-8-6-17(7-9-18)24-22(27)13-19-14-31-23(25-19)21-12-5-16(2)30-21/h3-12,14,26H,13H2,1-2H3,(H,24,27). The third-order valence-electron chi connectivity index (χ3n) is 4.60. The van der Waals surface area contributed by atoms with Gasteiger partial charge >= 0.3 is 0 Å². The van der Waals surface area contributed by atoms with Gasteiger partial charge in [0.25, 0.3) is 10.0 Å². The van der Waals surface area contributed by atoms with Crippen molar-refractivity contribution in [2.75, 3.05) is 10.0 Å². The first-order valence-corrected chi connectivity index (χ1v) is 12.2. The van der Waals surface area contributed by atoms with Crippen LogP contribution in [0, 0.1) is 13.8 Å². The minimum Gasteiger partial charge on any atom is -0.459 e. The van der Waals surface area contributed by atoms with Crippen LogP contribution in [0.3, 0.4) is 0 Å². The van der Waals surface area contributed by atoms with Crippen molar-refractivity contribution in [3.63, 3.8) is 0 Å². The number of nitrogens with zero attached hydrogens (tertiary/aromatic N) is 1. The predicted molar refractivity (Wildman–Crippen MR) is 125 cm³/mol. The van der Waals surface area contributed by atoms with Gasteiger partial charge < -0.3 is 9.73 Å². The molecule has 9 heteroatoms. The van der Waals surface area contributed by atoms with Gasteiger partial charge in [-0.15, -0.1) is 11.3 Å². The van der Waals surface area contributed by atoms with E-state index in [9.17, 15) is 13.2 Å². The zero-order valence-corrected chi connectivity index (χ0v) is 19.1. The number of carbonyl (C=O) groups is 1. The highest BCUT2D eigenvalue weighted by Crippen LogP contribution is 2.26. The number of thiazole rings is 1. The number of carbonyl (C=O) groups excluding carboxylic acids is 1. The average Bonchev–Trinajstić information content (AvgIpc) is 3.38. The highest BCUT2D eigenvalue weighted by molar-refractivity contribution is 7.92. The molecule has 4 rings (SSSR count). The van der Waals surface area contributed by atoms with Crippen LogP contribution < -0.4 is 10.0 Å². The van der Waals surface area contributed by atoms with E-state index < -0.39 is 10.0 Å². The molecule has 0 aliphatic heterocycles. The monoisotopic (exact) mass is 467 g/mol. The molecule has 0 fully saturated rings. The van der Waals surface area contributed by atoms with Crippen molar-refractivity contribution in [2.45, 2.75) is 25.2 Å². The summed E-state index contributed by atoms with van der Waals surface area (Å²) in [5.74, 6) is 1.27. The number of furan rings is 1. The van der Waals surface area contributed by atoms with Crippen LogP contribution in [0.15, 0.2) is 75.4 Å². The number of hydrogen-bond donors (Lipinski definition) is 2. The Morgan fingerprint density at radius 3 is 2.31 bits per heavy atom. The first kappa shape index (κ1) is 21.8. The van der Waals surface area contributed by atoms with Gasteiger partial charge in [0.15, 0.2) is 10.8 Å². The Hall–Kier alpha value is -3.43. The second-order valence-corrected chi connectivity index (χ2v) is 9.82. The summed E-state index contributed by atoms with van der Waals surface area (Å²) < 4.78 is 33.1. The number of amides is 1. The molecule has 0 radical (unpaired) electrons. The average molecular weight is 468 g/mol. The summed E-state index contributed by atoms with van der Waals surface area (Å²) in [5, 5.41) is 5.35. The van der Waals surface area contributed by atoms with Crippen LogP contribution in [0.2, 0.25) is 0 Å². The molecular weight excluding hydrogens is 446 g/mol. The smallest absolute Gasteiger partial charge is 0.261 e. The summed E-state index contributed by atoms with van der Waals surface area (Å²) in [6, 6.07) is 16.8. The van der Waals surface area contributed by atoms with Gasteiger partial charge in [-0.1, -0.05) is 17.7 Å². The molecule has 2 N–H and O–H groups in total. The fraction of sp³-hybridized carbons (Fsp3) is 0.130. The molecule has 164 valence electrons. The van der Waals surface area contributed by atoms with E-state index in [4.69, 9.17) is 4.42 Å². The van der Waals surface area contributed by atoms with E-state index in [2.05, 4.69) is 15.0 Å². The zero-order chi connectivity index (χ0) is 22.7. The van der Waals surface area contributed by atoms with Crippen LogP contribution in [-0.2, 0) is 21.2 Å². The van der Waals surface area contributed by atoms with E-state index in [-0.39, 0.29) is 17.2 Å². The highest BCUT2D eigenvalue weighted by Gasteiger charge is 2.14. The molecule has 1 amide bonds. The number of benzene rings is 2. The summed E-state index contributed by atoms with van der Waals surface area (Å²) in [4.78, 5) is 17.0. The van der Waals surface area contributed by atoms with Gasteiger partial charge in [0.2, 0.25) is 5.91 Å². The quantitative estimate of drug-likeness (QED) is 0.398. The summed E-state index contributed by atoms with van der Waals surface area (Å²) in [6.07, 6.45) is 0.123. The summed E-state index contributed by atoms with van der Waals surface area (Å²) in [7, 11) is -3.68. The molecule has 0 bridgehead atoms. The fourth-order valence-electron chi connectivity index (χ4n) is 2.97. The van der Waals surface area contributed by atoms with E-state index in [0.717, 1.165) is 16.3 Å². The molecule has 0 unspecified atom stereocenters. The molecule has 32 heavy (non-hydrogen) atoms. The SMILES string of the molecule is Cc1ccc(S(=O)(=O)Nc2ccc(NC(=O)Cc3csc(-c4ccc(C)o4)n3)cc2)cc1. The Balaban J connectivity index is 1.36. The normalized spacial score (nSPS) is 11.3. The predicted octanol–water partition coefficient (Wildman–Crippen LogP) is 5.00. The van der Waals surface area contributed by atoms with Gasteiger partial charge in [-0.2, -0.15) is 0 Å². The van der Waals surface area contributed by atoms with Crippen LogP contribution in [-0.4, -0.2) is 19.3 Å². The molecule has 0 saturated carbocycles. The maximum absolute atomic E-state index is 12.5. The number of nitrogens with one attached hydrogen (secondary N) is 2. The first-order chi connectivity index (χ1) is 15.3. The van der Waals surface area contributed by atoms with Gasteiger partial charge in [-0.3, -0.25) is 9.52 Å². The van der Waals surface area contributed by atoms with Gasteiger partial charge in [0, 0.05) is 16.8 Å². The van der Waals surface area contributed by atoms with Crippen LogP contribution in [0.5, 0.6) is 0 Å². The number of hydrogen-bond acceptors (Lipinski definition) is 6. The van der Waals surface area contributed by atoms with E-state index >= 15 is 0 Å². The van der Waals surface area contributed by atoms with Crippen LogP contribution >= 0.6 is 11.3 Å². The highest BCUT2D eigenvalue weighted by atomic mass is 32.2. The van der Waals surface area contributed by atoms with Gasteiger partial charge in [0.05, 0.1) is 17.0 Å². The molecule has 2 heterocycles. The maximum atomic E-state index is 12.5. The third kappa shape index (κ3) is 5.24. The first-order valence-electron chi connectivity index (χ1n) is 9.79. The summed E-state index contributed by atoms with van der Waals surface area (Å²) in [6.45, 7) is 3.76. The minimum atomic E-state index is -3.68. The Morgan fingerprint density at radius 1 is 0.969 bits per heavy atom. The molecule has 4 aromatic rings. The minimum absolute atomic E-state index is 0.123. The van der Waals surface area contributed by atoms with Crippen molar-refractivity contribution in [3.8, 4) is 10.8 Å². The topological polar surface area (TPSA) is 101 Å². The maximum Gasteiger partial charge on any atom is 0.261 e. The molecular formula is C23H21N3O4S2. The molecule has 2 aromatic carbocycles. The van der Waals surface area contributed by atoms with Crippen LogP contribution in [0.4, 0.5) is 11.4 Å². The lowest BCUT2D eigenvalue weighted by molar-refractivity contribution is -0.115. The van der Waals surface area contributed by atoms with E-state index in [1.54, 1.807) is 48.5 Å². The molecule has 0 aliphatic rings. The largest absolute Gasteiger partial charge is 0.459 e. The van der Waals surface area contributed by atoms with E-state index in [1.165, 1.54) is 11.3 Å². The lowest BCUT2D eigenvalue weighted by atomic mass is 10.2. The lowest BCUT2D eigenvalue weighted by Crippen LogP contribution is -2.15. The Labute approximate surface area is 190 Å². The Bertz CT molecular complexity index is 1340. The lowest BCUT2D eigenvalue weighted by Gasteiger charge is -2.10. The van der Waals surface area contributed by atoms with Gasteiger partial charge in [-0.05, 0) is 62.4 Å². The molecule has 7 nitrogen and oxygen atoms in total. The van der Waals surface area contributed by atoms with Crippen molar-refractivity contribution < 1.29 is 17.6 Å². The van der Waals surface area contributed by atoms with Crippen molar-refractivity contribution in [1.29, 1.82) is 0 Å². The van der Waals surface area contributed by atoms with Crippen molar-refractivity contribution in [1.82, 2.24) is 4.98 Å². The summed E-state index contributed by atoms with van der Waals surface area (Å²) >= 11 is 1.42. The van der Waals surface area contributed by atoms with Crippen LogP contribution in [0.1, 0.15) is 17.0 Å². The van der Waals surface area contributed by atoms with Crippen molar-refractivity contribution in [3.05, 3.63) is 83.1 Å². The number of sulfonamides is 1. The fourth-order valence-corrected chi connectivity index (χ4v) is 4.81. The second kappa shape index (κ2) is 8.97. The van der Waals surface area contributed by atoms with E-state index in [0.29, 0.717) is 22.8 Å². The van der Waals surface area contributed by atoms with Gasteiger partial charge in [0.1, 0.15) is 5.76 Å². The number of aromatic nitrogens is 1. The summed E-state index contributed by atoms with van der Waals surface area (Å²) in [5.41, 5.74) is 2.60. The van der Waals surface area contributed by atoms with Gasteiger partial charge in [-0.25, -0.2) is 13.4 Å². The molecule has 0 saturated heterocycles. The Morgan fingerprint density at radius 2 is 1.66 bits per heavy atom. The number of rotatable bonds is 7. The molecule has 0 aliphatic carbocycles. The second-order valence-electron chi connectivity index (χ2n) is 7.28. The number of aryl methyl sites for hydroxylation is 2. The van der Waals surface area contributed by atoms with E-state index in [1.807, 2.05) is 31.4 Å². The zero-order valence-electron chi connectivity index (χ0n) is 17.5. The molecule has 0 spiro atoms. The third-order valence-corrected chi connectivity index (χ3v) is 6.90. The van der Waals surface area contributed by atoms with Crippen LogP contribution in [0.25, 0.3) is 10.8 Å². The van der Waals surface area contributed by atoms with Crippen molar-refractivity contribution in [2.24, 2.45) is 0 Å². The molecule has 2 aromatic heterocycles. The van der Waals surface area contributed by atoms with Crippen molar-refractivity contribution >= 4 is 38.6 Å². The molecule has 0 atom stereocenters. The Kier molecular flexibility index (Phi) is 6.11.